The van der Waals surface area contributed by atoms with Crippen molar-refractivity contribution in [1.29, 1.82) is 0 Å². The molecule has 1 amide bonds. The molecule has 3 heterocycles. The second-order valence-corrected chi connectivity index (χ2v) is 9.74. The number of sulfonamides is 1. The maximum atomic E-state index is 12.8. The summed E-state index contributed by atoms with van der Waals surface area (Å²) < 4.78 is 37.6. The van der Waals surface area contributed by atoms with Gasteiger partial charge >= 0.3 is 0 Å². The molecular weight excluding hydrogens is 358 g/mol. The van der Waals surface area contributed by atoms with Gasteiger partial charge in [-0.05, 0) is 39.0 Å². The molecule has 9 heteroatoms. The van der Waals surface area contributed by atoms with E-state index in [0.717, 1.165) is 18.6 Å². The van der Waals surface area contributed by atoms with Crippen LogP contribution in [0.15, 0.2) is 10.6 Å². The zero-order valence-corrected chi connectivity index (χ0v) is 15.7. The van der Waals surface area contributed by atoms with Crippen LogP contribution in [0, 0.1) is 0 Å². The van der Waals surface area contributed by atoms with Crippen molar-refractivity contribution < 1.29 is 22.5 Å². The van der Waals surface area contributed by atoms with Crippen LogP contribution in [0.1, 0.15) is 61.2 Å². The zero-order chi connectivity index (χ0) is 18.3. The molecule has 3 atom stereocenters. The number of carbonyl (C=O) groups excluding carboxylic acids is 1. The van der Waals surface area contributed by atoms with E-state index in [1.807, 2.05) is 6.92 Å². The molecule has 4 rings (SSSR count). The summed E-state index contributed by atoms with van der Waals surface area (Å²) in [6, 6.07) is 1.50. The van der Waals surface area contributed by atoms with Crippen molar-refractivity contribution in [3.05, 3.63) is 17.5 Å². The van der Waals surface area contributed by atoms with Crippen LogP contribution in [0.4, 0.5) is 0 Å². The minimum absolute atomic E-state index is 0.0650. The van der Waals surface area contributed by atoms with E-state index in [4.69, 9.17) is 9.26 Å². The van der Waals surface area contributed by atoms with E-state index in [0.29, 0.717) is 44.0 Å². The van der Waals surface area contributed by atoms with Crippen molar-refractivity contribution >= 4 is 15.9 Å². The first-order chi connectivity index (χ1) is 12.4. The molecule has 1 aromatic heterocycles. The van der Waals surface area contributed by atoms with Gasteiger partial charge in [0.05, 0.1) is 6.61 Å². The molecule has 0 spiro atoms. The van der Waals surface area contributed by atoms with Crippen molar-refractivity contribution in [3.63, 3.8) is 0 Å². The largest absolute Gasteiger partial charge is 0.380 e. The van der Waals surface area contributed by atoms with E-state index in [1.165, 1.54) is 0 Å². The van der Waals surface area contributed by atoms with Gasteiger partial charge in [-0.25, -0.2) is 8.42 Å². The van der Waals surface area contributed by atoms with Gasteiger partial charge in [0.1, 0.15) is 11.0 Å². The fraction of sp³-hybridized carbons (Fsp3) is 0.765. The number of nitrogens with zero attached hydrogens (tertiary/aromatic N) is 2. The molecule has 1 unspecified atom stereocenters. The Balaban J connectivity index is 1.35. The number of rotatable bonds is 5. The third kappa shape index (κ3) is 3.52. The molecule has 0 aromatic carbocycles. The van der Waals surface area contributed by atoms with Crippen LogP contribution in [0.5, 0.6) is 0 Å². The lowest BCUT2D eigenvalue weighted by molar-refractivity contribution is 0.0905. The number of carbonyl (C=O) groups is 1. The molecule has 2 saturated heterocycles. The van der Waals surface area contributed by atoms with Crippen molar-refractivity contribution in [3.8, 4) is 0 Å². The van der Waals surface area contributed by atoms with Gasteiger partial charge in [0.2, 0.25) is 10.0 Å². The third-order valence-corrected chi connectivity index (χ3v) is 7.94. The highest BCUT2D eigenvalue weighted by molar-refractivity contribution is 7.89. The maximum Gasteiger partial charge on any atom is 0.273 e. The summed E-state index contributed by atoms with van der Waals surface area (Å²) in [6.07, 6.45) is 3.92. The lowest BCUT2D eigenvalue weighted by atomic mass is 10.0. The Morgan fingerprint density at radius 1 is 1.31 bits per heavy atom. The predicted molar refractivity (Wildman–Crippen MR) is 93.3 cm³/mol. The third-order valence-electron chi connectivity index (χ3n) is 5.53. The summed E-state index contributed by atoms with van der Waals surface area (Å²) in [6.45, 7) is 3.09. The highest BCUT2D eigenvalue weighted by Crippen LogP contribution is 2.40. The molecule has 2 aliphatic heterocycles. The fourth-order valence-corrected chi connectivity index (χ4v) is 5.81. The van der Waals surface area contributed by atoms with Gasteiger partial charge in [0, 0.05) is 37.2 Å². The number of piperidine rings is 1. The van der Waals surface area contributed by atoms with E-state index >= 15 is 0 Å². The van der Waals surface area contributed by atoms with Crippen LogP contribution in [0.2, 0.25) is 0 Å². The van der Waals surface area contributed by atoms with Crippen LogP contribution >= 0.6 is 0 Å². The molecule has 1 aliphatic carbocycles. The molecule has 0 radical (unpaired) electrons. The molecule has 1 N–H and O–H groups in total. The van der Waals surface area contributed by atoms with E-state index in [1.54, 1.807) is 10.4 Å². The molecule has 144 valence electrons. The molecule has 1 saturated carbocycles. The Bertz CT molecular complexity index is 767. The Morgan fingerprint density at radius 2 is 2.12 bits per heavy atom. The van der Waals surface area contributed by atoms with Gasteiger partial charge < -0.3 is 14.6 Å². The van der Waals surface area contributed by atoms with Crippen molar-refractivity contribution in [2.45, 2.75) is 62.3 Å². The minimum atomic E-state index is -3.35. The average Bonchev–Trinajstić information content (AvgIpc) is 3.11. The summed E-state index contributed by atoms with van der Waals surface area (Å²) in [4.78, 5) is 12.4. The smallest absolute Gasteiger partial charge is 0.273 e. The monoisotopic (exact) mass is 383 g/mol. The van der Waals surface area contributed by atoms with E-state index in [-0.39, 0.29) is 24.6 Å². The minimum Gasteiger partial charge on any atom is -0.380 e. The molecule has 3 fully saturated rings. The van der Waals surface area contributed by atoms with Gasteiger partial charge in [0.15, 0.2) is 5.69 Å². The summed E-state index contributed by atoms with van der Waals surface area (Å²) in [5, 5.41) is 6.40. The first kappa shape index (κ1) is 17.9. The SMILES string of the molecule is C[C@H]1C[C@@H](NC(=O)c2cc(C3CC3)on2)CCN1S(=O)(=O)C1CCOC1. The summed E-state index contributed by atoms with van der Waals surface area (Å²) in [7, 11) is -3.35. The number of nitrogens with one attached hydrogen (secondary N) is 1. The standard InChI is InChI=1S/C17H25N3O5S/c1-11-8-13(4-6-20(11)26(22,23)14-5-7-24-10-14)18-17(21)15-9-16(25-19-15)12-2-3-12/h9,11-14H,2-8,10H2,1H3,(H,18,21)/t11-,13-,14?/m0/s1. The number of hydrogen-bond donors (Lipinski definition) is 1. The van der Waals surface area contributed by atoms with Crippen molar-refractivity contribution in [1.82, 2.24) is 14.8 Å². The lowest BCUT2D eigenvalue weighted by Crippen LogP contribution is -2.53. The van der Waals surface area contributed by atoms with Crippen LogP contribution < -0.4 is 5.32 Å². The highest BCUT2D eigenvalue weighted by atomic mass is 32.2. The number of aromatic nitrogens is 1. The second kappa shape index (κ2) is 6.94. The van der Waals surface area contributed by atoms with E-state index < -0.39 is 15.3 Å². The Hall–Kier alpha value is -1.45. The molecule has 0 bridgehead atoms. The molecular formula is C17H25N3O5S. The van der Waals surface area contributed by atoms with Crippen LogP contribution in [-0.4, -0.2) is 60.9 Å². The Kier molecular flexibility index (Phi) is 4.79. The molecule has 26 heavy (non-hydrogen) atoms. The quantitative estimate of drug-likeness (QED) is 0.821. The van der Waals surface area contributed by atoms with E-state index in [9.17, 15) is 13.2 Å². The predicted octanol–water partition coefficient (Wildman–Crippen LogP) is 1.25. The highest BCUT2D eigenvalue weighted by Gasteiger charge is 2.40. The average molecular weight is 383 g/mol. The van der Waals surface area contributed by atoms with Gasteiger partial charge in [-0.2, -0.15) is 4.31 Å². The number of ether oxygens (including phenoxy) is 1. The first-order valence-corrected chi connectivity index (χ1v) is 10.8. The lowest BCUT2D eigenvalue weighted by Gasteiger charge is -2.38. The topological polar surface area (TPSA) is 102 Å². The summed E-state index contributed by atoms with van der Waals surface area (Å²) in [5.74, 6) is 0.943. The molecule has 8 nitrogen and oxygen atoms in total. The normalized spacial score (nSPS) is 30.4. The van der Waals surface area contributed by atoms with Gasteiger partial charge in [-0.15, -0.1) is 0 Å². The van der Waals surface area contributed by atoms with Crippen molar-refractivity contribution in [2.24, 2.45) is 0 Å². The number of amides is 1. The number of hydrogen-bond acceptors (Lipinski definition) is 6. The summed E-state index contributed by atoms with van der Waals surface area (Å²) in [5.41, 5.74) is 0.303. The first-order valence-electron chi connectivity index (χ1n) is 9.31. The van der Waals surface area contributed by atoms with Crippen molar-refractivity contribution in [2.75, 3.05) is 19.8 Å². The van der Waals surface area contributed by atoms with Gasteiger partial charge in [0.25, 0.3) is 5.91 Å². The molecule has 3 aliphatic rings. The van der Waals surface area contributed by atoms with Crippen LogP contribution in [0.25, 0.3) is 0 Å². The maximum absolute atomic E-state index is 12.8. The fourth-order valence-electron chi connectivity index (χ4n) is 3.81. The van der Waals surface area contributed by atoms with E-state index in [2.05, 4.69) is 10.5 Å². The Morgan fingerprint density at radius 3 is 2.77 bits per heavy atom. The van der Waals surface area contributed by atoms with Gasteiger partial charge in [-0.1, -0.05) is 5.16 Å². The summed E-state index contributed by atoms with van der Waals surface area (Å²) >= 11 is 0. The van der Waals surface area contributed by atoms with Gasteiger partial charge in [-0.3, -0.25) is 4.79 Å². The van der Waals surface area contributed by atoms with Crippen LogP contribution in [-0.2, 0) is 14.8 Å². The molecule has 1 aromatic rings. The second-order valence-electron chi connectivity index (χ2n) is 7.57. The Labute approximate surface area is 153 Å². The zero-order valence-electron chi connectivity index (χ0n) is 14.9. The van der Waals surface area contributed by atoms with Crippen LogP contribution in [0.3, 0.4) is 0 Å².